The molecule has 1 fully saturated rings. The second-order valence-corrected chi connectivity index (χ2v) is 6.36. The molecule has 28 heavy (non-hydrogen) atoms. The maximum Gasteiger partial charge on any atom is 0.407 e. The summed E-state index contributed by atoms with van der Waals surface area (Å²) in [6.45, 7) is 1.73. The summed E-state index contributed by atoms with van der Waals surface area (Å²) in [5.74, 6) is 0.582. The van der Waals surface area contributed by atoms with Gasteiger partial charge in [0.05, 0.1) is 30.7 Å². The second kappa shape index (κ2) is 9.41. The summed E-state index contributed by atoms with van der Waals surface area (Å²) >= 11 is 0. The quantitative estimate of drug-likeness (QED) is 0.722. The van der Waals surface area contributed by atoms with Crippen LogP contribution in [0.15, 0.2) is 36.7 Å². The molecule has 154 valence electrons. The number of benzene rings is 1. The predicted molar refractivity (Wildman–Crippen MR) is 104 cm³/mol. The zero-order valence-electron chi connectivity index (χ0n) is 15.5. The van der Waals surface area contributed by atoms with Crippen LogP contribution in [0.2, 0.25) is 0 Å². The predicted octanol–water partition coefficient (Wildman–Crippen LogP) is 3.52. The first-order valence-electron chi connectivity index (χ1n) is 8.95. The van der Waals surface area contributed by atoms with Crippen LogP contribution in [0, 0.1) is 0 Å². The standard InChI is InChI=1S/C19H22F2N4O3.2H2/c1-27-8-9-28-19(26)23-13-6-7-25(12-13)17-11-22-10-16(24-17)14-4-2-3-5-15(14)18(20)21;;/h2-5,10-11,13,18H,6-9,12H2,1H3,(H,23,26);2*1H/t13-;;/m0../s1. The molecular weight excluding hydrogens is 370 g/mol. The summed E-state index contributed by atoms with van der Waals surface area (Å²) in [4.78, 5) is 22.4. The number of ether oxygens (including phenoxy) is 2. The molecule has 0 unspecified atom stereocenters. The van der Waals surface area contributed by atoms with E-state index in [4.69, 9.17) is 9.47 Å². The monoisotopic (exact) mass is 396 g/mol. The topological polar surface area (TPSA) is 76.6 Å². The lowest BCUT2D eigenvalue weighted by Crippen LogP contribution is -2.38. The first-order valence-corrected chi connectivity index (χ1v) is 8.95. The maximum atomic E-state index is 13.3. The van der Waals surface area contributed by atoms with Crippen molar-refractivity contribution in [2.45, 2.75) is 18.9 Å². The van der Waals surface area contributed by atoms with Gasteiger partial charge in [-0.15, -0.1) is 0 Å². The van der Waals surface area contributed by atoms with Crippen molar-refractivity contribution in [2.24, 2.45) is 0 Å². The number of alkyl halides is 2. The van der Waals surface area contributed by atoms with Crippen molar-refractivity contribution in [1.29, 1.82) is 0 Å². The van der Waals surface area contributed by atoms with E-state index in [9.17, 15) is 13.6 Å². The van der Waals surface area contributed by atoms with Crippen molar-refractivity contribution < 1.29 is 25.9 Å². The van der Waals surface area contributed by atoms with Gasteiger partial charge in [0.2, 0.25) is 0 Å². The summed E-state index contributed by atoms with van der Waals surface area (Å²) in [6.07, 6.45) is 0.705. The highest BCUT2D eigenvalue weighted by Gasteiger charge is 2.26. The van der Waals surface area contributed by atoms with Crippen molar-refractivity contribution >= 4 is 11.9 Å². The first-order chi connectivity index (χ1) is 13.6. The Morgan fingerprint density at radius 1 is 1.36 bits per heavy atom. The average Bonchev–Trinajstić information content (AvgIpc) is 3.16. The molecule has 1 N–H and O–H groups in total. The molecule has 9 heteroatoms. The molecule has 1 aromatic carbocycles. The molecule has 1 aliphatic rings. The fourth-order valence-corrected chi connectivity index (χ4v) is 3.07. The third-order valence-electron chi connectivity index (χ3n) is 4.45. The molecule has 1 aromatic heterocycles. The Kier molecular flexibility index (Phi) is 6.70. The fourth-order valence-electron chi connectivity index (χ4n) is 3.07. The number of hydrogen-bond acceptors (Lipinski definition) is 6. The number of methoxy groups -OCH3 is 1. The van der Waals surface area contributed by atoms with Crippen LogP contribution in [0.1, 0.15) is 21.3 Å². The van der Waals surface area contributed by atoms with Gasteiger partial charge in [0.15, 0.2) is 0 Å². The molecule has 2 heterocycles. The van der Waals surface area contributed by atoms with Gasteiger partial charge in [0, 0.05) is 34.2 Å². The van der Waals surface area contributed by atoms with Gasteiger partial charge in [0.25, 0.3) is 6.43 Å². The summed E-state index contributed by atoms with van der Waals surface area (Å²) in [7, 11) is 1.53. The molecule has 0 bridgehead atoms. The minimum atomic E-state index is -2.59. The Labute approximate surface area is 164 Å². The van der Waals surface area contributed by atoms with Crippen LogP contribution < -0.4 is 10.2 Å². The van der Waals surface area contributed by atoms with Crippen molar-refractivity contribution in [2.75, 3.05) is 38.3 Å². The number of aromatic nitrogens is 2. The Morgan fingerprint density at radius 2 is 2.18 bits per heavy atom. The Morgan fingerprint density at radius 3 is 2.96 bits per heavy atom. The number of nitrogens with zero attached hydrogens (tertiary/aromatic N) is 3. The van der Waals surface area contributed by atoms with E-state index in [1.165, 1.54) is 19.4 Å². The number of alkyl carbamates (subject to hydrolysis) is 1. The molecule has 1 aliphatic heterocycles. The average molecular weight is 396 g/mol. The highest BCUT2D eigenvalue weighted by molar-refractivity contribution is 5.68. The van der Waals surface area contributed by atoms with E-state index in [1.807, 2.05) is 4.90 Å². The van der Waals surface area contributed by atoms with E-state index >= 15 is 0 Å². The van der Waals surface area contributed by atoms with Crippen LogP contribution >= 0.6 is 0 Å². The van der Waals surface area contributed by atoms with Gasteiger partial charge in [-0.1, -0.05) is 24.3 Å². The lowest BCUT2D eigenvalue weighted by molar-refractivity contribution is 0.0969. The van der Waals surface area contributed by atoms with E-state index in [2.05, 4.69) is 15.3 Å². The minimum Gasteiger partial charge on any atom is -0.447 e. The van der Waals surface area contributed by atoms with Crippen LogP contribution in [-0.2, 0) is 9.47 Å². The molecule has 7 nitrogen and oxygen atoms in total. The van der Waals surface area contributed by atoms with E-state index in [-0.39, 0.29) is 21.1 Å². The van der Waals surface area contributed by atoms with Gasteiger partial charge in [-0.25, -0.2) is 18.6 Å². The van der Waals surface area contributed by atoms with Gasteiger partial charge < -0.3 is 19.7 Å². The molecule has 0 spiro atoms. The zero-order chi connectivity index (χ0) is 19.9. The minimum absolute atomic E-state index is 0. The van der Waals surface area contributed by atoms with E-state index in [0.29, 0.717) is 36.8 Å². The number of nitrogens with one attached hydrogen (secondary N) is 1. The Balaban J connectivity index is 0.00000225. The summed E-state index contributed by atoms with van der Waals surface area (Å²) in [5.41, 5.74) is 0.681. The zero-order valence-corrected chi connectivity index (χ0v) is 15.5. The van der Waals surface area contributed by atoms with E-state index in [0.717, 1.165) is 6.42 Å². The molecule has 0 radical (unpaired) electrons. The Hall–Kier alpha value is -2.81. The normalized spacial score (nSPS) is 16.4. The molecule has 1 atom stereocenters. The molecule has 0 saturated carbocycles. The molecule has 2 aromatic rings. The van der Waals surface area contributed by atoms with E-state index in [1.54, 1.807) is 24.4 Å². The van der Waals surface area contributed by atoms with Crippen molar-refractivity contribution in [3.8, 4) is 11.3 Å². The van der Waals surface area contributed by atoms with Gasteiger partial charge in [-0.2, -0.15) is 0 Å². The highest BCUT2D eigenvalue weighted by Crippen LogP contribution is 2.30. The van der Waals surface area contributed by atoms with Crippen molar-refractivity contribution in [1.82, 2.24) is 15.3 Å². The summed E-state index contributed by atoms with van der Waals surface area (Å²) < 4.78 is 36.4. The number of halogens is 2. The van der Waals surface area contributed by atoms with Crippen LogP contribution in [0.4, 0.5) is 19.4 Å². The smallest absolute Gasteiger partial charge is 0.407 e. The SMILES string of the molecule is COCCOC(=O)N[C@H]1CCN(c2cncc(-c3ccccc3C(F)F)n2)C1.[HH].[HH]. The third kappa shape index (κ3) is 4.92. The summed E-state index contributed by atoms with van der Waals surface area (Å²) in [5, 5.41) is 2.80. The van der Waals surface area contributed by atoms with Crippen LogP contribution in [0.3, 0.4) is 0 Å². The van der Waals surface area contributed by atoms with Gasteiger partial charge in [-0.05, 0) is 6.42 Å². The lowest BCUT2D eigenvalue weighted by atomic mass is 10.1. The fraction of sp³-hybridized carbons (Fsp3) is 0.421. The van der Waals surface area contributed by atoms with Gasteiger partial charge >= 0.3 is 6.09 Å². The molecule has 1 saturated heterocycles. The van der Waals surface area contributed by atoms with Crippen LogP contribution in [-0.4, -0.2) is 55.5 Å². The maximum absolute atomic E-state index is 13.3. The number of anilines is 1. The summed E-state index contributed by atoms with van der Waals surface area (Å²) in [6, 6.07) is 6.18. The van der Waals surface area contributed by atoms with E-state index < -0.39 is 12.5 Å². The molecular formula is C19H26F2N4O3. The first kappa shape index (κ1) is 19.9. The number of carbonyl (C=O) groups is 1. The number of amides is 1. The second-order valence-electron chi connectivity index (χ2n) is 6.36. The van der Waals surface area contributed by atoms with Crippen LogP contribution in [0.25, 0.3) is 11.3 Å². The largest absolute Gasteiger partial charge is 0.447 e. The molecule has 3 rings (SSSR count). The molecule has 0 aliphatic carbocycles. The highest BCUT2D eigenvalue weighted by atomic mass is 19.3. The molecule has 1 amide bonds. The number of rotatable bonds is 7. The van der Waals surface area contributed by atoms with Crippen molar-refractivity contribution in [3.63, 3.8) is 0 Å². The van der Waals surface area contributed by atoms with Crippen molar-refractivity contribution in [3.05, 3.63) is 42.2 Å². The van der Waals surface area contributed by atoms with Crippen LogP contribution in [0.5, 0.6) is 0 Å². The lowest BCUT2D eigenvalue weighted by Gasteiger charge is -2.18. The number of hydrogen-bond donors (Lipinski definition) is 1. The Bertz CT molecular complexity index is 817. The third-order valence-corrected chi connectivity index (χ3v) is 4.45. The number of carbonyl (C=O) groups excluding carboxylic acids is 1. The van der Waals surface area contributed by atoms with Gasteiger partial charge in [-0.3, -0.25) is 4.98 Å². The van der Waals surface area contributed by atoms with Gasteiger partial charge in [0.1, 0.15) is 12.4 Å².